The molecular formula is C22H30N2O5S. The molecule has 0 spiro atoms. The number of ether oxygens (including phenoxy) is 1. The Morgan fingerprint density at radius 3 is 2.17 bits per heavy atom. The molecule has 1 saturated carbocycles. The van der Waals surface area contributed by atoms with Gasteiger partial charge in [0, 0.05) is 19.2 Å². The molecule has 1 aliphatic heterocycles. The number of rotatable bonds is 6. The second-order valence-corrected chi connectivity index (χ2v) is 9.93. The van der Waals surface area contributed by atoms with Crippen LogP contribution < -0.4 is 5.32 Å². The Kier molecular flexibility index (Phi) is 7.31. The van der Waals surface area contributed by atoms with Gasteiger partial charge in [-0.25, -0.2) is 13.2 Å². The molecule has 1 N–H and O–H groups in total. The standard InChI is InChI=1S/C22H30N2O5S/c1-29-21(26)22(14-4-5-15-22)23-20(25)13-10-18-8-11-19(12-9-18)30(27,28)24-16-6-2-3-7-17-24/h8-13H,2-7,14-17H2,1H3,(H,23,25)/b13-10+. The summed E-state index contributed by atoms with van der Waals surface area (Å²) in [7, 11) is -2.17. The van der Waals surface area contributed by atoms with Gasteiger partial charge in [0.25, 0.3) is 0 Å². The molecule has 0 bridgehead atoms. The van der Waals surface area contributed by atoms with Gasteiger partial charge in [-0.3, -0.25) is 4.79 Å². The summed E-state index contributed by atoms with van der Waals surface area (Å²) < 4.78 is 32.1. The van der Waals surface area contributed by atoms with Gasteiger partial charge in [-0.05, 0) is 49.5 Å². The van der Waals surface area contributed by atoms with E-state index in [4.69, 9.17) is 4.74 Å². The second kappa shape index (κ2) is 9.75. The summed E-state index contributed by atoms with van der Waals surface area (Å²) in [4.78, 5) is 24.7. The molecular weight excluding hydrogens is 404 g/mol. The van der Waals surface area contributed by atoms with Crippen LogP contribution in [0, 0.1) is 0 Å². The first-order chi connectivity index (χ1) is 14.4. The van der Waals surface area contributed by atoms with Crippen LogP contribution in [0.1, 0.15) is 56.9 Å². The zero-order valence-electron chi connectivity index (χ0n) is 17.4. The van der Waals surface area contributed by atoms with Crippen molar-refractivity contribution < 1.29 is 22.7 Å². The summed E-state index contributed by atoms with van der Waals surface area (Å²) in [6.07, 6.45) is 9.76. The van der Waals surface area contributed by atoms with Crippen molar-refractivity contribution in [2.45, 2.75) is 61.8 Å². The molecule has 1 heterocycles. The maximum atomic E-state index is 12.8. The zero-order valence-corrected chi connectivity index (χ0v) is 18.2. The lowest BCUT2D eigenvalue weighted by Crippen LogP contribution is -2.52. The molecule has 7 nitrogen and oxygen atoms in total. The number of hydrogen-bond acceptors (Lipinski definition) is 5. The highest BCUT2D eigenvalue weighted by Gasteiger charge is 2.43. The van der Waals surface area contributed by atoms with Crippen LogP contribution in [0.5, 0.6) is 0 Å². The third-order valence-corrected chi connectivity index (χ3v) is 7.82. The first-order valence-corrected chi connectivity index (χ1v) is 12.0. The van der Waals surface area contributed by atoms with Crippen molar-refractivity contribution in [2.75, 3.05) is 20.2 Å². The topological polar surface area (TPSA) is 92.8 Å². The van der Waals surface area contributed by atoms with Crippen molar-refractivity contribution in [1.82, 2.24) is 9.62 Å². The molecule has 1 amide bonds. The van der Waals surface area contributed by atoms with Crippen molar-refractivity contribution in [3.8, 4) is 0 Å². The Hall–Kier alpha value is -2.19. The molecule has 2 fully saturated rings. The van der Waals surface area contributed by atoms with E-state index in [9.17, 15) is 18.0 Å². The summed E-state index contributed by atoms with van der Waals surface area (Å²) in [6.45, 7) is 1.12. The van der Waals surface area contributed by atoms with Gasteiger partial charge in [0.2, 0.25) is 15.9 Å². The number of carbonyl (C=O) groups is 2. The molecule has 0 unspecified atom stereocenters. The summed E-state index contributed by atoms with van der Waals surface area (Å²) >= 11 is 0. The average molecular weight is 435 g/mol. The van der Waals surface area contributed by atoms with Crippen molar-refractivity contribution in [2.24, 2.45) is 0 Å². The molecule has 0 radical (unpaired) electrons. The highest BCUT2D eigenvalue weighted by molar-refractivity contribution is 7.89. The van der Waals surface area contributed by atoms with Crippen LogP contribution in [0.4, 0.5) is 0 Å². The van der Waals surface area contributed by atoms with Crippen molar-refractivity contribution in [3.63, 3.8) is 0 Å². The molecule has 2 aliphatic rings. The molecule has 0 atom stereocenters. The summed E-state index contributed by atoms with van der Waals surface area (Å²) in [6, 6.07) is 6.51. The van der Waals surface area contributed by atoms with Crippen LogP contribution in [0.15, 0.2) is 35.2 Å². The van der Waals surface area contributed by atoms with E-state index in [1.54, 1.807) is 34.6 Å². The largest absolute Gasteiger partial charge is 0.467 e. The number of nitrogens with zero attached hydrogens (tertiary/aromatic N) is 1. The predicted molar refractivity (Wildman–Crippen MR) is 114 cm³/mol. The number of amides is 1. The predicted octanol–water partition coefficient (Wildman–Crippen LogP) is 2.87. The first-order valence-electron chi connectivity index (χ1n) is 10.6. The van der Waals surface area contributed by atoms with E-state index >= 15 is 0 Å². The Bertz CT molecular complexity index is 879. The van der Waals surface area contributed by atoms with Gasteiger partial charge in [0.15, 0.2) is 0 Å². The van der Waals surface area contributed by atoms with Crippen LogP contribution >= 0.6 is 0 Å². The molecule has 0 aromatic heterocycles. The third-order valence-electron chi connectivity index (χ3n) is 5.91. The molecule has 1 aromatic carbocycles. The maximum absolute atomic E-state index is 12.8. The first kappa shape index (κ1) is 22.5. The van der Waals surface area contributed by atoms with Crippen LogP contribution in [-0.2, 0) is 24.3 Å². The minimum absolute atomic E-state index is 0.265. The van der Waals surface area contributed by atoms with E-state index < -0.39 is 21.5 Å². The molecule has 1 aromatic rings. The van der Waals surface area contributed by atoms with Crippen molar-refractivity contribution >= 4 is 28.0 Å². The van der Waals surface area contributed by atoms with Gasteiger partial charge in [-0.1, -0.05) is 37.8 Å². The lowest BCUT2D eigenvalue weighted by atomic mass is 9.97. The normalized spacial score (nSPS) is 20.0. The smallest absolute Gasteiger partial charge is 0.331 e. The minimum atomic E-state index is -3.49. The molecule has 8 heteroatoms. The van der Waals surface area contributed by atoms with Gasteiger partial charge < -0.3 is 10.1 Å². The van der Waals surface area contributed by atoms with Crippen molar-refractivity contribution in [3.05, 3.63) is 35.9 Å². The quantitative estimate of drug-likeness (QED) is 0.549. The number of benzene rings is 1. The third kappa shape index (κ3) is 5.10. The Labute approximate surface area is 178 Å². The highest BCUT2D eigenvalue weighted by atomic mass is 32.2. The minimum Gasteiger partial charge on any atom is -0.467 e. The lowest BCUT2D eigenvalue weighted by Gasteiger charge is -2.26. The SMILES string of the molecule is COC(=O)C1(NC(=O)/C=C/c2ccc(S(=O)(=O)N3CCCCCC3)cc2)CCCC1. The van der Waals surface area contributed by atoms with Gasteiger partial charge in [0.1, 0.15) is 5.54 Å². The van der Waals surface area contributed by atoms with Crippen LogP contribution in [0.25, 0.3) is 6.08 Å². The van der Waals surface area contributed by atoms with Crippen LogP contribution in [0.3, 0.4) is 0 Å². The van der Waals surface area contributed by atoms with Gasteiger partial charge in [-0.2, -0.15) is 4.31 Å². The number of sulfonamides is 1. The number of methoxy groups -OCH3 is 1. The highest BCUT2D eigenvalue weighted by Crippen LogP contribution is 2.30. The monoisotopic (exact) mass is 434 g/mol. The second-order valence-electron chi connectivity index (χ2n) is 7.99. The Morgan fingerprint density at radius 1 is 1.00 bits per heavy atom. The van der Waals surface area contributed by atoms with E-state index in [1.807, 2.05) is 0 Å². The van der Waals surface area contributed by atoms with Crippen LogP contribution in [-0.4, -0.2) is 50.3 Å². The maximum Gasteiger partial charge on any atom is 0.331 e. The number of nitrogens with one attached hydrogen (secondary N) is 1. The summed E-state index contributed by atoms with van der Waals surface area (Å²) in [5.74, 6) is -0.784. The molecule has 30 heavy (non-hydrogen) atoms. The summed E-state index contributed by atoms with van der Waals surface area (Å²) in [5.41, 5.74) is -0.236. The Morgan fingerprint density at radius 2 is 1.60 bits per heavy atom. The van der Waals surface area contributed by atoms with Gasteiger partial charge in [-0.15, -0.1) is 0 Å². The fraction of sp³-hybridized carbons (Fsp3) is 0.545. The van der Waals surface area contributed by atoms with Gasteiger partial charge >= 0.3 is 5.97 Å². The average Bonchev–Trinajstić information content (AvgIpc) is 3.04. The van der Waals surface area contributed by atoms with Gasteiger partial charge in [0.05, 0.1) is 12.0 Å². The molecule has 1 saturated heterocycles. The Balaban J connectivity index is 1.65. The fourth-order valence-electron chi connectivity index (χ4n) is 4.19. The number of hydrogen-bond donors (Lipinski definition) is 1. The lowest BCUT2D eigenvalue weighted by molar-refractivity contribution is -0.150. The summed E-state index contributed by atoms with van der Waals surface area (Å²) in [5, 5.41) is 2.80. The molecule has 3 rings (SSSR count). The zero-order chi connectivity index (χ0) is 21.6. The van der Waals surface area contributed by atoms with E-state index in [0.29, 0.717) is 31.5 Å². The van der Waals surface area contributed by atoms with E-state index in [-0.39, 0.29) is 10.8 Å². The number of carbonyl (C=O) groups excluding carboxylic acids is 2. The fourth-order valence-corrected chi connectivity index (χ4v) is 5.70. The van der Waals surface area contributed by atoms with E-state index in [2.05, 4.69) is 5.32 Å². The molecule has 164 valence electrons. The van der Waals surface area contributed by atoms with E-state index in [1.165, 1.54) is 13.2 Å². The number of esters is 1. The molecule has 1 aliphatic carbocycles. The van der Waals surface area contributed by atoms with Crippen LogP contribution in [0.2, 0.25) is 0 Å². The van der Waals surface area contributed by atoms with E-state index in [0.717, 1.165) is 38.5 Å². The van der Waals surface area contributed by atoms with Crippen molar-refractivity contribution in [1.29, 1.82) is 0 Å².